The molecule has 14 nitrogen and oxygen atoms in total. The van der Waals surface area contributed by atoms with Gasteiger partial charge in [-0.2, -0.15) is 0 Å². The summed E-state index contributed by atoms with van der Waals surface area (Å²) in [6.45, 7) is 21.0. The van der Waals surface area contributed by atoms with Crippen LogP contribution in [0.25, 0.3) is 0 Å². The molecule has 64 heavy (non-hydrogen) atoms. The van der Waals surface area contributed by atoms with E-state index >= 15 is 0 Å². The fourth-order valence-corrected chi connectivity index (χ4v) is 9.37. The lowest BCUT2D eigenvalue weighted by atomic mass is 9.80. The van der Waals surface area contributed by atoms with E-state index in [-0.39, 0.29) is 54.4 Å². The van der Waals surface area contributed by atoms with Crippen LogP contribution in [0.1, 0.15) is 159 Å². The van der Waals surface area contributed by atoms with Crippen LogP contribution in [-0.4, -0.2) is 114 Å². The number of ether oxygens (including phenoxy) is 3. The highest BCUT2D eigenvalue weighted by Crippen LogP contribution is 2.35. The van der Waals surface area contributed by atoms with Gasteiger partial charge in [-0.25, -0.2) is 14.2 Å². The number of nitrogens with one attached hydrogen (secondary N) is 3. The second-order valence-corrected chi connectivity index (χ2v) is 19.9. The molecule has 1 aromatic carbocycles. The third-order valence-corrected chi connectivity index (χ3v) is 13.1. The topological polar surface area (TPSA) is 168 Å². The summed E-state index contributed by atoms with van der Waals surface area (Å²) in [7, 11) is 1.97. The Morgan fingerprint density at radius 1 is 1.05 bits per heavy atom. The van der Waals surface area contributed by atoms with Crippen LogP contribution in [0.15, 0.2) is 23.6 Å². The maximum atomic E-state index is 14.7. The number of thiazole rings is 1. The van der Waals surface area contributed by atoms with Gasteiger partial charge in [0.1, 0.15) is 40.4 Å². The average Bonchev–Trinajstić information content (AvgIpc) is 3.74. The maximum Gasteiger partial charge on any atom is 0.407 e. The number of piperidine rings is 1. The van der Waals surface area contributed by atoms with Gasteiger partial charge in [0.2, 0.25) is 11.8 Å². The van der Waals surface area contributed by atoms with Crippen molar-refractivity contribution >= 4 is 41.1 Å². The van der Waals surface area contributed by atoms with Crippen LogP contribution in [0, 0.1) is 17.7 Å². The van der Waals surface area contributed by atoms with E-state index in [9.17, 15) is 28.4 Å². The summed E-state index contributed by atoms with van der Waals surface area (Å²) in [6.07, 6.45) is 4.13. The number of nitrogens with zero attached hydrogens (tertiary/aromatic N) is 3. The molecule has 16 heteroatoms. The highest BCUT2D eigenvalue weighted by Gasteiger charge is 2.39. The fourth-order valence-electron chi connectivity index (χ4n) is 8.51. The number of carbonyl (C=O) groups excluding carboxylic acids is 5. The zero-order valence-electron chi connectivity index (χ0n) is 40.1. The van der Waals surface area contributed by atoms with E-state index in [1.807, 2.05) is 39.6 Å². The van der Waals surface area contributed by atoms with E-state index in [1.54, 1.807) is 39.1 Å². The lowest BCUT2D eigenvalue weighted by Gasteiger charge is -2.40. The van der Waals surface area contributed by atoms with Crippen LogP contribution in [-0.2, 0) is 35.0 Å². The fraction of sp³-hybridized carbons (Fsp3) is 0.708. The van der Waals surface area contributed by atoms with Gasteiger partial charge >= 0.3 is 12.1 Å². The molecule has 2 aromatic rings. The van der Waals surface area contributed by atoms with Crippen molar-refractivity contribution in [3.05, 3.63) is 51.2 Å². The smallest absolute Gasteiger partial charge is 0.407 e. The SMILES string of the molecule is CCCOC(CC(C(C)C)N(CCC)C(=O)C(NC(=O)C1CCCCN1C)C(C)CC)c1nc(C(=O)NC2Cc3ccc(F)cc3C(C(=O)OC(C)CNC(=O)OC(C)(C)C)C2)cs1. The molecule has 0 saturated carbocycles. The van der Waals surface area contributed by atoms with Crippen molar-refractivity contribution in [1.82, 2.24) is 30.7 Å². The van der Waals surface area contributed by atoms with Crippen LogP contribution in [0.2, 0.25) is 0 Å². The van der Waals surface area contributed by atoms with Crippen LogP contribution in [0.3, 0.4) is 0 Å². The molecular weight excluding hydrogens is 840 g/mol. The summed E-state index contributed by atoms with van der Waals surface area (Å²) in [5, 5.41) is 11.2. The Morgan fingerprint density at radius 2 is 1.78 bits per heavy atom. The number of aromatic nitrogens is 1. The summed E-state index contributed by atoms with van der Waals surface area (Å²) >= 11 is 1.32. The second kappa shape index (κ2) is 24.4. The Hall–Kier alpha value is -4.15. The number of rotatable bonds is 21. The van der Waals surface area contributed by atoms with Crippen molar-refractivity contribution < 1.29 is 42.6 Å². The molecule has 2 heterocycles. The standard InChI is InChI=1S/C48H75FN6O8S/c1-12-20-55(45(58)41(30(6)14-3)53-43(57)38-17-15-16-21-54(38)11)39(29(4)5)26-40(61-22-13-2)44-52-37(28-64-44)42(56)51-34-23-32-18-19-33(49)24-35(32)36(25-34)46(59)62-31(7)27-50-47(60)63-48(8,9)10/h18-19,24,28-31,34,36,38-41H,12-17,20-23,25-27H2,1-11H3,(H,50,60)(H,51,56)(H,53,57). The number of esters is 1. The molecule has 1 aliphatic carbocycles. The number of carbonyl (C=O) groups is 5. The van der Waals surface area contributed by atoms with Gasteiger partial charge in [0.15, 0.2) is 0 Å². The van der Waals surface area contributed by atoms with Gasteiger partial charge in [0.05, 0.1) is 18.5 Å². The number of fused-ring (bicyclic) bond motifs is 1. The Balaban J connectivity index is 1.51. The predicted octanol–water partition coefficient (Wildman–Crippen LogP) is 7.70. The largest absolute Gasteiger partial charge is 0.460 e. The molecule has 8 unspecified atom stereocenters. The van der Waals surface area contributed by atoms with Crippen LogP contribution in [0.5, 0.6) is 0 Å². The first-order valence-electron chi connectivity index (χ1n) is 23.4. The summed E-state index contributed by atoms with van der Waals surface area (Å²) in [5.74, 6) is -2.61. The lowest BCUT2D eigenvalue weighted by molar-refractivity contribution is -0.150. The van der Waals surface area contributed by atoms with Gasteiger partial charge in [-0.1, -0.05) is 60.5 Å². The molecule has 3 N–H and O–H groups in total. The van der Waals surface area contributed by atoms with Crippen molar-refractivity contribution in [3.63, 3.8) is 0 Å². The molecule has 8 atom stereocenters. The van der Waals surface area contributed by atoms with Gasteiger partial charge in [0.25, 0.3) is 5.91 Å². The number of hydrogen-bond donors (Lipinski definition) is 3. The molecule has 0 radical (unpaired) electrons. The normalized spacial score (nSPS) is 20.2. The number of amides is 4. The minimum Gasteiger partial charge on any atom is -0.460 e. The first kappa shape index (κ1) is 52.5. The molecule has 0 bridgehead atoms. The van der Waals surface area contributed by atoms with Crippen molar-refractivity contribution in [3.8, 4) is 0 Å². The minimum absolute atomic E-state index is 0.0126. The third-order valence-electron chi connectivity index (χ3n) is 12.1. The van der Waals surface area contributed by atoms with Crippen LogP contribution in [0.4, 0.5) is 9.18 Å². The molecule has 4 rings (SSSR count). The number of hydrogen-bond acceptors (Lipinski definition) is 11. The molecule has 1 aliphatic heterocycles. The number of alkyl carbamates (subject to hydrolysis) is 1. The quantitative estimate of drug-likeness (QED) is 0.106. The summed E-state index contributed by atoms with van der Waals surface area (Å²) in [6, 6.07) is 2.61. The Bertz CT molecular complexity index is 1870. The van der Waals surface area contributed by atoms with E-state index in [4.69, 9.17) is 19.2 Å². The zero-order chi connectivity index (χ0) is 47.3. The molecule has 1 aromatic heterocycles. The Morgan fingerprint density at radius 3 is 2.42 bits per heavy atom. The molecule has 1 saturated heterocycles. The highest BCUT2D eigenvalue weighted by molar-refractivity contribution is 7.09. The molecular formula is C48H75FN6O8S. The minimum atomic E-state index is -0.866. The predicted molar refractivity (Wildman–Crippen MR) is 247 cm³/mol. The van der Waals surface area contributed by atoms with E-state index in [2.05, 4.69) is 34.7 Å². The Labute approximate surface area is 384 Å². The van der Waals surface area contributed by atoms with Crippen LogP contribution >= 0.6 is 11.3 Å². The van der Waals surface area contributed by atoms with E-state index in [1.165, 1.54) is 23.5 Å². The molecule has 358 valence electrons. The Kier molecular flexibility index (Phi) is 20.0. The van der Waals surface area contributed by atoms with Crippen molar-refractivity contribution in [2.24, 2.45) is 11.8 Å². The lowest BCUT2D eigenvalue weighted by Crippen LogP contribution is -2.58. The van der Waals surface area contributed by atoms with E-state index < -0.39 is 59.6 Å². The monoisotopic (exact) mass is 915 g/mol. The average molecular weight is 915 g/mol. The van der Waals surface area contributed by atoms with Gasteiger partial charge < -0.3 is 35.1 Å². The summed E-state index contributed by atoms with van der Waals surface area (Å²) < 4.78 is 32.0. The zero-order valence-corrected chi connectivity index (χ0v) is 40.9. The summed E-state index contributed by atoms with van der Waals surface area (Å²) in [5.41, 5.74) is 0.725. The van der Waals surface area contributed by atoms with Crippen LogP contribution < -0.4 is 16.0 Å². The van der Waals surface area contributed by atoms with Crippen molar-refractivity contribution in [2.45, 2.75) is 175 Å². The number of likely N-dealkylation sites (N-methyl/N-ethyl adjacent to an activating group) is 1. The highest BCUT2D eigenvalue weighted by atomic mass is 32.1. The third kappa shape index (κ3) is 14.9. The molecule has 1 fully saturated rings. The summed E-state index contributed by atoms with van der Waals surface area (Å²) in [4.78, 5) is 76.9. The molecule has 2 aliphatic rings. The van der Waals surface area contributed by atoms with E-state index in [0.717, 1.165) is 45.1 Å². The first-order chi connectivity index (χ1) is 30.3. The first-order valence-corrected chi connectivity index (χ1v) is 24.3. The van der Waals surface area contributed by atoms with Gasteiger partial charge in [-0.3, -0.25) is 24.1 Å². The van der Waals surface area contributed by atoms with Crippen molar-refractivity contribution in [1.29, 1.82) is 0 Å². The van der Waals surface area contributed by atoms with Crippen molar-refractivity contribution in [2.75, 3.05) is 33.3 Å². The van der Waals surface area contributed by atoms with E-state index in [0.29, 0.717) is 42.1 Å². The molecule has 4 amide bonds. The van der Waals surface area contributed by atoms with Gasteiger partial charge in [-0.05, 0) is 115 Å². The number of halogens is 1. The number of benzene rings is 1. The maximum absolute atomic E-state index is 14.7. The van der Waals surface area contributed by atoms with Gasteiger partial charge in [-0.15, -0.1) is 11.3 Å². The second-order valence-electron chi connectivity index (χ2n) is 19.0. The van der Waals surface area contributed by atoms with Gasteiger partial charge in [0, 0.05) is 37.0 Å². The number of likely N-dealkylation sites (tertiary alicyclic amines) is 1. The molecule has 0 spiro atoms.